The second-order valence-electron chi connectivity index (χ2n) is 5.95. The lowest BCUT2D eigenvalue weighted by Crippen LogP contribution is -2.61. The molecule has 1 aliphatic carbocycles. The highest BCUT2D eigenvalue weighted by Gasteiger charge is 2.68. The van der Waals surface area contributed by atoms with Crippen molar-refractivity contribution in [2.45, 2.75) is 44.0 Å². The number of hydrazone groups is 1. The van der Waals surface area contributed by atoms with Gasteiger partial charge in [-0.3, -0.25) is 4.79 Å². The molecule has 1 fully saturated rings. The molecule has 124 valence electrons. The molecule has 0 saturated heterocycles. The first-order valence-corrected chi connectivity index (χ1v) is 7.62. The van der Waals surface area contributed by atoms with Gasteiger partial charge in [-0.2, -0.15) is 23.3 Å². The van der Waals surface area contributed by atoms with Crippen molar-refractivity contribution in [3.63, 3.8) is 0 Å². The number of carbonyl (C=O) groups excluding carboxylic acids is 1. The number of halogens is 3. The summed E-state index contributed by atoms with van der Waals surface area (Å²) in [6.07, 6.45) is -2.32. The van der Waals surface area contributed by atoms with Crippen molar-refractivity contribution in [3.8, 4) is 0 Å². The largest absolute Gasteiger partial charge is 0.439 e. The van der Waals surface area contributed by atoms with E-state index < -0.39 is 23.7 Å². The van der Waals surface area contributed by atoms with Gasteiger partial charge in [-0.25, -0.2) is 0 Å². The number of hydrogen-bond acceptors (Lipinski definition) is 3. The van der Waals surface area contributed by atoms with E-state index in [4.69, 9.17) is 0 Å². The molecule has 0 radical (unpaired) electrons. The van der Waals surface area contributed by atoms with Crippen LogP contribution in [-0.2, 0) is 0 Å². The van der Waals surface area contributed by atoms with E-state index in [1.807, 2.05) is 0 Å². The molecule has 0 aromatic heterocycles. The number of fused-ring (bicyclic) bond motifs is 1. The van der Waals surface area contributed by atoms with E-state index in [0.717, 1.165) is 12.8 Å². The van der Waals surface area contributed by atoms with Gasteiger partial charge in [-0.1, -0.05) is 31.0 Å². The summed E-state index contributed by atoms with van der Waals surface area (Å²) in [5.41, 5.74) is -2.93. The maximum Gasteiger partial charge on any atom is 0.439 e. The Morgan fingerprint density at radius 1 is 1.22 bits per heavy atom. The first-order chi connectivity index (χ1) is 10.9. The van der Waals surface area contributed by atoms with Gasteiger partial charge in [0.2, 0.25) is 0 Å². The van der Waals surface area contributed by atoms with E-state index in [1.165, 1.54) is 12.1 Å². The highest BCUT2D eigenvalue weighted by Crippen LogP contribution is 2.47. The average Bonchev–Trinajstić information content (AvgIpc) is 2.68. The maximum atomic E-state index is 13.7. The Kier molecular flexibility index (Phi) is 3.91. The Balaban J connectivity index is 2.04. The molecule has 1 aromatic carbocycles. The van der Waals surface area contributed by atoms with Gasteiger partial charge in [-0.15, -0.1) is 0 Å². The Bertz CT molecular complexity index is 630. The summed E-state index contributed by atoms with van der Waals surface area (Å²) >= 11 is 0. The topological polar surface area (TPSA) is 52.9 Å². The van der Waals surface area contributed by atoms with Crippen molar-refractivity contribution in [1.82, 2.24) is 5.01 Å². The SMILES string of the molecule is O=C(c1ccccc1)N1N=C2CCCCCC2C1(O)C(F)(F)F. The fourth-order valence-corrected chi connectivity index (χ4v) is 3.30. The van der Waals surface area contributed by atoms with Crippen molar-refractivity contribution < 1.29 is 23.1 Å². The quantitative estimate of drug-likeness (QED) is 0.860. The minimum Gasteiger partial charge on any atom is -0.362 e. The van der Waals surface area contributed by atoms with Crippen LogP contribution in [0.1, 0.15) is 42.5 Å². The Morgan fingerprint density at radius 2 is 1.91 bits per heavy atom. The molecule has 2 unspecified atom stereocenters. The number of aliphatic hydroxyl groups is 1. The lowest BCUT2D eigenvalue weighted by Gasteiger charge is -2.37. The minimum absolute atomic E-state index is 0.0657. The number of rotatable bonds is 1. The van der Waals surface area contributed by atoms with Crippen LogP contribution in [0.5, 0.6) is 0 Å². The van der Waals surface area contributed by atoms with Crippen molar-refractivity contribution in [3.05, 3.63) is 35.9 Å². The zero-order chi connectivity index (χ0) is 16.7. The van der Waals surface area contributed by atoms with Gasteiger partial charge in [0, 0.05) is 11.3 Å². The second-order valence-corrected chi connectivity index (χ2v) is 5.95. The smallest absolute Gasteiger partial charge is 0.362 e. The number of hydrogen-bond donors (Lipinski definition) is 1. The Morgan fingerprint density at radius 3 is 2.57 bits per heavy atom. The third-order valence-corrected chi connectivity index (χ3v) is 4.50. The minimum atomic E-state index is -4.97. The molecule has 1 amide bonds. The monoisotopic (exact) mass is 326 g/mol. The van der Waals surface area contributed by atoms with Crippen LogP contribution in [0.3, 0.4) is 0 Å². The van der Waals surface area contributed by atoms with Crippen LogP contribution in [0.15, 0.2) is 35.4 Å². The van der Waals surface area contributed by atoms with Gasteiger partial charge in [0.25, 0.3) is 11.6 Å². The fourth-order valence-electron chi connectivity index (χ4n) is 3.30. The van der Waals surface area contributed by atoms with Crippen molar-refractivity contribution in [2.75, 3.05) is 0 Å². The first-order valence-electron chi connectivity index (χ1n) is 7.62. The predicted octanol–water partition coefficient (Wildman–Crippen LogP) is 3.33. The summed E-state index contributed by atoms with van der Waals surface area (Å²) in [6, 6.07) is 7.59. The fraction of sp³-hybridized carbons (Fsp3) is 0.500. The molecule has 3 rings (SSSR count). The van der Waals surface area contributed by atoms with Crippen LogP contribution in [0.4, 0.5) is 13.2 Å². The molecule has 23 heavy (non-hydrogen) atoms. The third-order valence-electron chi connectivity index (χ3n) is 4.50. The van der Waals surface area contributed by atoms with E-state index in [1.54, 1.807) is 18.2 Å². The molecule has 0 spiro atoms. The highest BCUT2D eigenvalue weighted by atomic mass is 19.4. The van der Waals surface area contributed by atoms with Crippen LogP contribution in [0.25, 0.3) is 0 Å². The van der Waals surface area contributed by atoms with Crippen LogP contribution in [-0.4, -0.2) is 33.6 Å². The molecule has 2 aliphatic rings. The molecule has 2 atom stereocenters. The second kappa shape index (κ2) is 5.63. The number of amides is 1. The van der Waals surface area contributed by atoms with Gasteiger partial charge in [0.15, 0.2) is 0 Å². The zero-order valence-corrected chi connectivity index (χ0v) is 12.4. The number of carbonyl (C=O) groups is 1. The van der Waals surface area contributed by atoms with E-state index in [-0.39, 0.29) is 22.7 Å². The van der Waals surface area contributed by atoms with Gasteiger partial charge in [-0.05, 0) is 31.4 Å². The summed E-state index contributed by atoms with van der Waals surface area (Å²) in [6.45, 7) is 0. The number of nitrogens with zero attached hydrogens (tertiary/aromatic N) is 2. The van der Waals surface area contributed by atoms with Crippen molar-refractivity contribution in [2.24, 2.45) is 11.0 Å². The predicted molar refractivity (Wildman–Crippen MR) is 77.6 cm³/mol. The lowest BCUT2D eigenvalue weighted by atomic mass is 9.87. The zero-order valence-electron chi connectivity index (χ0n) is 12.4. The summed E-state index contributed by atoms with van der Waals surface area (Å²) in [7, 11) is 0. The van der Waals surface area contributed by atoms with Crippen molar-refractivity contribution >= 4 is 11.6 Å². The van der Waals surface area contributed by atoms with Crippen LogP contribution < -0.4 is 0 Å². The Labute approximate surface area is 131 Å². The van der Waals surface area contributed by atoms with Gasteiger partial charge in [0.1, 0.15) is 0 Å². The molecule has 1 N–H and O–H groups in total. The summed E-state index contributed by atoms with van der Waals surface area (Å²) in [4.78, 5) is 12.5. The molecule has 4 nitrogen and oxygen atoms in total. The van der Waals surface area contributed by atoms with E-state index in [2.05, 4.69) is 5.10 Å². The Hall–Kier alpha value is -1.89. The van der Waals surface area contributed by atoms with Crippen LogP contribution >= 0.6 is 0 Å². The molecule has 1 saturated carbocycles. The molecule has 0 bridgehead atoms. The summed E-state index contributed by atoms with van der Waals surface area (Å²) < 4.78 is 41.0. The standard InChI is InChI=1S/C16H17F3N2O2/c17-16(18,19)15(23)12-9-5-2-6-10-13(12)20-21(15)14(22)11-7-3-1-4-8-11/h1,3-4,7-8,12,23H,2,5-6,9-10H2. The molecule has 1 aromatic rings. The third kappa shape index (κ3) is 2.52. The molecule has 1 heterocycles. The lowest BCUT2D eigenvalue weighted by molar-refractivity contribution is -0.312. The van der Waals surface area contributed by atoms with Gasteiger partial charge in [0.05, 0.1) is 5.92 Å². The van der Waals surface area contributed by atoms with E-state index in [9.17, 15) is 23.1 Å². The summed E-state index contributed by atoms with van der Waals surface area (Å²) in [5, 5.41) is 14.6. The number of benzene rings is 1. The highest BCUT2D eigenvalue weighted by molar-refractivity contribution is 5.99. The van der Waals surface area contributed by atoms with Crippen LogP contribution in [0.2, 0.25) is 0 Å². The average molecular weight is 326 g/mol. The molecular formula is C16H17F3N2O2. The van der Waals surface area contributed by atoms with Crippen LogP contribution in [0, 0.1) is 5.92 Å². The van der Waals surface area contributed by atoms with E-state index in [0.29, 0.717) is 12.8 Å². The normalized spacial score (nSPS) is 28.1. The molecule has 1 aliphatic heterocycles. The number of alkyl halides is 3. The first kappa shape index (κ1) is 16.0. The van der Waals surface area contributed by atoms with Gasteiger partial charge < -0.3 is 5.11 Å². The van der Waals surface area contributed by atoms with E-state index >= 15 is 0 Å². The van der Waals surface area contributed by atoms with Gasteiger partial charge >= 0.3 is 6.18 Å². The molecular weight excluding hydrogens is 309 g/mol. The summed E-state index contributed by atoms with van der Waals surface area (Å²) in [5.74, 6) is -2.12. The molecule has 7 heteroatoms. The maximum absolute atomic E-state index is 13.7. The van der Waals surface area contributed by atoms with Crippen molar-refractivity contribution in [1.29, 1.82) is 0 Å².